The Bertz CT molecular complexity index is 1790. The number of hydrogen-bond donors (Lipinski definition) is 0. The molecular formula is C32H18. The van der Waals surface area contributed by atoms with Gasteiger partial charge >= 0.3 is 0 Å². The zero-order chi connectivity index (χ0) is 20.8. The molecule has 0 amide bonds. The van der Waals surface area contributed by atoms with Crippen LogP contribution < -0.4 is 0 Å². The molecule has 1 aliphatic carbocycles. The average Bonchev–Trinajstić information content (AvgIpc) is 3.13. The van der Waals surface area contributed by atoms with Crippen molar-refractivity contribution >= 4 is 53.9 Å². The zero-order valence-electron chi connectivity index (χ0n) is 17.4. The van der Waals surface area contributed by atoms with Crippen molar-refractivity contribution in [2.45, 2.75) is 0 Å². The summed E-state index contributed by atoms with van der Waals surface area (Å²) in [6.07, 6.45) is 0. The molecule has 0 nitrogen and oxygen atoms in total. The number of fused-ring (bicyclic) bond motifs is 7. The molecule has 0 radical (unpaired) electrons. The third kappa shape index (κ3) is 2.11. The third-order valence-corrected chi connectivity index (χ3v) is 7.24. The molecule has 0 saturated heterocycles. The van der Waals surface area contributed by atoms with Crippen molar-refractivity contribution < 1.29 is 0 Å². The lowest BCUT2D eigenvalue weighted by Crippen LogP contribution is -1.83. The highest BCUT2D eigenvalue weighted by Crippen LogP contribution is 2.48. The lowest BCUT2D eigenvalue weighted by atomic mass is 9.94. The van der Waals surface area contributed by atoms with E-state index in [2.05, 4.69) is 109 Å². The third-order valence-electron chi connectivity index (χ3n) is 7.24. The van der Waals surface area contributed by atoms with Gasteiger partial charge in [0.15, 0.2) is 0 Å². The number of hydrogen-bond acceptors (Lipinski definition) is 0. The number of rotatable bonds is 0. The van der Waals surface area contributed by atoms with E-state index in [1.807, 2.05) is 0 Å². The molecule has 0 heteroatoms. The molecule has 1 aliphatic rings. The summed E-state index contributed by atoms with van der Waals surface area (Å²) in [5.41, 5.74) is 5.44. The van der Waals surface area contributed by atoms with Gasteiger partial charge in [0.25, 0.3) is 0 Å². The Hall–Kier alpha value is -4.16. The lowest BCUT2D eigenvalue weighted by molar-refractivity contribution is 1.75. The van der Waals surface area contributed by atoms with Crippen LogP contribution in [0.4, 0.5) is 0 Å². The van der Waals surface area contributed by atoms with Crippen LogP contribution in [0.2, 0.25) is 0 Å². The lowest BCUT2D eigenvalue weighted by Gasteiger charge is -2.09. The molecule has 0 aromatic heterocycles. The maximum absolute atomic E-state index is 2.39. The largest absolute Gasteiger partial charge is 0.0616 e. The van der Waals surface area contributed by atoms with E-state index in [4.69, 9.17) is 0 Å². The summed E-state index contributed by atoms with van der Waals surface area (Å²) in [7, 11) is 0. The first kappa shape index (κ1) is 16.5. The van der Waals surface area contributed by atoms with E-state index >= 15 is 0 Å². The highest BCUT2D eigenvalue weighted by atomic mass is 14.2. The predicted molar refractivity (Wildman–Crippen MR) is 138 cm³/mol. The van der Waals surface area contributed by atoms with Crippen LogP contribution in [0.5, 0.6) is 0 Å². The summed E-state index contributed by atoms with van der Waals surface area (Å²) in [6, 6.07) is 40.8. The molecule has 7 aromatic carbocycles. The summed E-state index contributed by atoms with van der Waals surface area (Å²) in [5.74, 6) is 0. The summed E-state index contributed by atoms with van der Waals surface area (Å²) in [6.45, 7) is 0. The predicted octanol–water partition coefficient (Wildman–Crippen LogP) is 9.10. The van der Waals surface area contributed by atoms with E-state index in [-0.39, 0.29) is 0 Å². The smallest absolute Gasteiger partial charge is 0.00264 e. The molecule has 0 unspecified atom stereocenters. The van der Waals surface area contributed by atoms with E-state index in [0.717, 1.165) is 0 Å². The minimum absolute atomic E-state index is 1.30. The van der Waals surface area contributed by atoms with Gasteiger partial charge in [-0.3, -0.25) is 0 Å². The molecule has 7 aromatic rings. The Kier molecular flexibility index (Phi) is 2.97. The van der Waals surface area contributed by atoms with Crippen molar-refractivity contribution in [1.82, 2.24) is 0 Å². The Balaban J connectivity index is 1.44. The number of benzene rings is 7. The van der Waals surface area contributed by atoms with Crippen LogP contribution in [-0.2, 0) is 0 Å². The summed E-state index contributed by atoms with van der Waals surface area (Å²) in [5, 5.41) is 13.1. The standard InChI is InChI=1S/C32H18/c1-2-6-21-12-23-14-25-16-27-18-31-29-10-4-8-19-7-3-9-28(32(19)29)30(31)17-26(27)15-24(25)13-22(23)11-20(21)5-1/h1-18H. The Labute approximate surface area is 185 Å². The fourth-order valence-corrected chi connectivity index (χ4v) is 5.73. The van der Waals surface area contributed by atoms with Gasteiger partial charge in [-0.05, 0) is 125 Å². The Morgan fingerprint density at radius 1 is 0.250 bits per heavy atom. The van der Waals surface area contributed by atoms with Gasteiger partial charge in [-0.2, -0.15) is 0 Å². The maximum atomic E-state index is 2.39. The van der Waals surface area contributed by atoms with Gasteiger partial charge in [-0.15, -0.1) is 0 Å². The van der Waals surface area contributed by atoms with Crippen molar-refractivity contribution in [2.75, 3.05) is 0 Å². The minimum atomic E-state index is 1.30. The van der Waals surface area contributed by atoms with Crippen LogP contribution in [0.1, 0.15) is 0 Å². The van der Waals surface area contributed by atoms with Crippen molar-refractivity contribution in [3.8, 4) is 22.3 Å². The second-order valence-corrected chi connectivity index (χ2v) is 9.05. The van der Waals surface area contributed by atoms with Gasteiger partial charge < -0.3 is 0 Å². The quantitative estimate of drug-likeness (QED) is 0.222. The first-order valence-electron chi connectivity index (χ1n) is 11.2. The van der Waals surface area contributed by atoms with E-state index in [1.165, 1.54) is 76.1 Å². The van der Waals surface area contributed by atoms with Crippen LogP contribution >= 0.6 is 0 Å². The van der Waals surface area contributed by atoms with Crippen LogP contribution in [-0.4, -0.2) is 0 Å². The molecule has 32 heavy (non-hydrogen) atoms. The van der Waals surface area contributed by atoms with Crippen LogP contribution in [0, 0.1) is 0 Å². The second-order valence-electron chi connectivity index (χ2n) is 9.05. The van der Waals surface area contributed by atoms with Crippen LogP contribution in [0.25, 0.3) is 76.1 Å². The van der Waals surface area contributed by atoms with E-state index in [1.54, 1.807) is 0 Å². The molecule has 0 fully saturated rings. The zero-order valence-corrected chi connectivity index (χ0v) is 17.4. The molecule has 0 spiro atoms. The van der Waals surface area contributed by atoms with Crippen LogP contribution in [0.3, 0.4) is 0 Å². The Morgan fingerprint density at radius 2 is 0.625 bits per heavy atom. The van der Waals surface area contributed by atoms with Gasteiger partial charge in [0, 0.05) is 0 Å². The first-order valence-corrected chi connectivity index (χ1v) is 11.2. The maximum Gasteiger partial charge on any atom is -0.00264 e. The van der Waals surface area contributed by atoms with Crippen molar-refractivity contribution in [3.63, 3.8) is 0 Å². The highest BCUT2D eigenvalue weighted by Gasteiger charge is 2.21. The van der Waals surface area contributed by atoms with E-state index in [0.29, 0.717) is 0 Å². The topological polar surface area (TPSA) is 0 Å². The normalized spacial score (nSPS) is 12.4. The van der Waals surface area contributed by atoms with Crippen molar-refractivity contribution in [3.05, 3.63) is 109 Å². The molecule has 8 rings (SSSR count). The van der Waals surface area contributed by atoms with Crippen molar-refractivity contribution in [2.24, 2.45) is 0 Å². The fourth-order valence-electron chi connectivity index (χ4n) is 5.73. The summed E-state index contributed by atoms with van der Waals surface area (Å²) >= 11 is 0. The monoisotopic (exact) mass is 402 g/mol. The van der Waals surface area contributed by atoms with Gasteiger partial charge in [0.2, 0.25) is 0 Å². The molecular weight excluding hydrogens is 384 g/mol. The molecule has 0 bridgehead atoms. The fraction of sp³-hybridized carbons (Fsp3) is 0. The summed E-state index contributed by atoms with van der Waals surface area (Å²) in [4.78, 5) is 0. The molecule has 0 aliphatic heterocycles. The Morgan fingerprint density at radius 3 is 1.09 bits per heavy atom. The van der Waals surface area contributed by atoms with Gasteiger partial charge in [0.05, 0.1) is 0 Å². The molecule has 0 saturated carbocycles. The van der Waals surface area contributed by atoms with E-state index in [9.17, 15) is 0 Å². The molecule has 0 N–H and O–H groups in total. The van der Waals surface area contributed by atoms with E-state index < -0.39 is 0 Å². The van der Waals surface area contributed by atoms with Gasteiger partial charge in [-0.25, -0.2) is 0 Å². The van der Waals surface area contributed by atoms with Gasteiger partial charge in [0.1, 0.15) is 0 Å². The van der Waals surface area contributed by atoms with Crippen molar-refractivity contribution in [1.29, 1.82) is 0 Å². The van der Waals surface area contributed by atoms with Crippen LogP contribution in [0.15, 0.2) is 109 Å². The average molecular weight is 402 g/mol. The first-order chi connectivity index (χ1) is 15.8. The van der Waals surface area contributed by atoms with Gasteiger partial charge in [-0.1, -0.05) is 60.7 Å². The second kappa shape index (κ2) is 5.75. The summed E-state index contributed by atoms with van der Waals surface area (Å²) < 4.78 is 0. The molecule has 0 heterocycles. The molecule has 0 atom stereocenters. The highest BCUT2D eigenvalue weighted by molar-refractivity contribution is 6.18. The minimum Gasteiger partial charge on any atom is -0.0616 e. The molecule has 146 valence electrons. The SMILES string of the molecule is c1ccc2cc3cc4cc5cc6c(cc5cc4cc3cc2c1)-c1cccc2cccc-6c12.